The van der Waals surface area contributed by atoms with Gasteiger partial charge in [0.25, 0.3) is 10.0 Å². The summed E-state index contributed by atoms with van der Waals surface area (Å²) in [6.07, 6.45) is 0. The first-order valence-electron chi connectivity index (χ1n) is 5.21. The van der Waals surface area contributed by atoms with E-state index in [4.69, 9.17) is 5.26 Å². The minimum Gasteiger partial charge on any atom is -0.278 e. The van der Waals surface area contributed by atoms with Gasteiger partial charge in [-0.2, -0.15) is 5.26 Å². The van der Waals surface area contributed by atoms with E-state index in [0.29, 0.717) is 15.0 Å². The summed E-state index contributed by atoms with van der Waals surface area (Å²) in [6, 6.07) is 10.2. The summed E-state index contributed by atoms with van der Waals surface area (Å²) < 4.78 is 27.6. The van der Waals surface area contributed by atoms with E-state index in [0.717, 1.165) is 16.9 Å². The molecule has 0 aliphatic heterocycles. The number of rotatable bonds is 3. The molecule has 1 aromatic heterocycles. The Kier molecular flexibility index (Phi) is 3.94. The average molecular weight is 357 g/mol. The molecule has 0 spiro atoms. The summed E-state index contributed by atoms with van der Waals surface area (Å²) in [5, 5.41) is 8.72. The molecule has 0 fully saturated rings. The number of thiophene rings is 1. The van der Waals surface area contributed by atoms with Crippen molar-refractivity contribution in [2.24, 2.45) is 0 Å². The zero-order valence-corrected chi connectivity index (χ0v) is 13.1. The second-order valence-corrected chi connectivity index (χ2v) is 7.67. The number of nitriles is 1. The molecule has 2 rings (SSSR count). The van der Waals surface area contributed by atoms with Crippen LogP contribution >= 0.6 is 27.3 Å². The summed E-state index contributed by atoms with van der Waals surface area (Å²) in [7, 11) is -3.65. The van der Waals surface area contributed by atoms with Gasteiger partial charge in [0, 0.05) is 4.47 Å². The highest BCUT2D eigenvalue weighted by Gasteiger charge is 2.18. The maximum absolute atomic E-state index is 12.1. The largest absolute Gasteiger partial charge is 0.278 e. The Morgan fingerprint density at radius 1 is 1.32 bits per heavy atom. The van der Waals surface area contributed by atoms with Crippen LogP contribution in [0.15, 0.2) is 39.0 Å². The molecule has 0 radical (unpaired) electrons. The Balaban J connectivity index is 2.34. The monoisotopic (exact) mass is 356 g/mol. The van der Waals surface area contributed by atoms with Crippen molar-refractivity contribution in [1.82, 2.24) is 0 Å². The van der Waals surface area contributed by atoms with Crippen molar-refractivity contribution < 1.29 is 8.42 Å². The molecule has 1 aromatic carbocycles. The van der Waals surface area contributed by atoms with Crippen LogP contribution in [-0.2, 0) is 10.0 Å². The molecule has 0 saturated heterocycles. The minimum atomic E-state index is -3.65. The Labute approximate surface area is 123 Å². The lowest BCUT2D eigenvalue weighted by Gasteiger charge is -2.08. The summed E-state index contributed by atoms with van der Waals surface area (Å²) in [4.78, 5) is 0.364. The van der Waals surface area contributed by atoms with Gasteiger partial charge in [-0.05, 0) is 52.7 Å². The number of anilines is 1. The third kappa shape index (κ3) is 3.15. The van der Waals surface area contributed by atoms with Gasteiger partial charge in [-0.1, -0.05) is 6.07 Å². The van der Waals surface area contributed by atoms with Crippen molar-refractivity contribution in [3.8, 4) is 6.07 Å². The molecular weight excluding hydrogens is 348 g/mol. The first kappa shape index (κ1) is 14.1. The SMILES string of the molecule is Cc1ccc(NS(=O)(=O)c2ccc(C#N)s2)c(Br)c1. The van der Waals surface area contributed by atoms with Gasteiger partial charge in [0.15, 0.2) is 0 Å². The quantitative estimate of drug-likeness (QED) is 0.914. The molecule has 0 aliphatic rings. The number of nitrogens with one attached hydrogen (secondary N) is 1. The first-order valence-corrected chi connectivity index (χ1v) is 8.30. The number of benzene rings is 1. The molecular formula is C12H9BrN2O2S2. The van der Waals surface area contributed by atoms with Crippen LogP contribution in [0.4, 0.5) is 5.69 Å². The van der Waals surface area contributed by atoms with Gasteiger partial charge < -0.3 is 0 Å². The van der Waals surface area contributed by atoms with Crippen LogP contribution in [0.1, 0.15) is 10.4 Å². The first-order chi connectivity index (χ1) is 8.92. The summed E-state index contributed by atoms with van der Waals surface area (Å²) >= 11 is 4.26. The normalized spacial score (nSPS) is 11.0. The lowest BCUT2D eigenvalue weighted by atomic mass is 10.2. The van der Waals surface area contributed by atoms with Gasteiger partial charge >= 0.3 is 0 Å². The van der Waals surface area contributed by atoms with E-state index in [1.54, 1.807) is 6.07 Å². The van der Waals surface area contributed by atoms with Crippen LogP contribution in [0.5, 0.6) is 0 Å². The Morgan fingerprint density at radius 2 is 2.05 bits per heavy atom. The highest BCUT2D eigenvalue weighted by atomic mass is 79.9. The summed E-state index contributed by atoms with van der Waals surface area (Å²) in [6.45, 7) is 1.92. The fourth-order valence-electron chi connectivity index (χ4n) is 1.42. The molecule has 0 saturated carbocycles. The zero-order chi connectivity index (χ0) is 14.0. The molecule has 2 aromatic rings. The van der Waals surface area contributed by atoms with Crippen LogP contribution in [-0.4, -0.2) is 8.42 Å². The summed E-state index contributed by atoms with van der Waals surface area (Å²) in [5.41, 5.74) is 1.50. The standard InChI is InChI=1S/C12H9BrN2O2S2/c1-8-2-4-11(10(13)6-8)15-19(16,17)12-5-3-9(7-14)18-12/h2-6,15H,1H3. The van der Waals surface area contributed by atoms with Crippen molar-refractivity contribution in [2.45, 2.75) is 11.1 Å². The Morgan fingerprint density at radius 3 is 2.63 bits per heavy atom. The molecule has 0 bridgehead atoms. The van der Waals surface area contributed by atoms with Gasteiger partial charge in [-0.25, -0.2) is 8.42 Å². The molecule has 0 aliphatic carbocycles. The van der Waals surface area contributed by atoms with Crippen molar-refractivity contribution in [2.75, 3.05) is 4.72 Å². The zero-order valence-electron chi connectivity index (χ0n) is 9.84. The molecule has 7 heteroatoms. The van der Waals surface area contributed by atoms with Gasteiger partial charge in [-0.15, -0.1) is 11.3 Å². The van der Waals surface area contributed by atoms with Gasteiger partial charge in [0.05, 0.1) is 5.69 Å². The van der Waals surface area contributed by atoms with Gasteiger partial charge in [0.2, 0.25) is 0 Å². The predicted octanol–water partition coefficient (Wildman–Crippen LogP) is 3.49. The number of halogens is 1. The lowest BCUT2D eigenvalue weighted by molar-refractivity contribution is 0.603. The molecule has 0 amide bonds. The van der Waals surface area contributed by atoms with E-state index in [2.05, 4.69) is 20.7 Å². The van der Waals surface area contributed by atoms with Crippen molar-refractivity contribution in [3.63, 3.8) is 0 Å². The highest BCUT2D eigenvalue weighted by Crippen LogP contribution is 2.28. The Hall–Kier alpha value is -1.36. The third-order valence-corrected chi connectivity index (χ3v) is 5.83. The van der Waals surface area contributed by atoms with Crippen LogP contribution in [0.2, 0.25) is 0 Å². The third-order valence-electron chi connectivity index (χ3n) is 2.33. The van der Waals surface area contributed by atoms with E-state index < -0.39 is 10.0 Å². The number of sulfonamides is 1. The van der Waals surface area contributed by atoms with E-state index in [1.165, 1.54) is 12.1 Å². The number of nitrogens with zero attached hydrogens (tertiary/aromatic N) is 1. The molecule has 0 unspecified atom stereocenters. The van der Waals surface area contributed by atoms with Crippen molar-refractivity contribution >= 4 is 43.0 Å². The van der Waals surface area contributed by atoms with Crippen molar-refractivity contribution in [1.29, 1.82) is 5.26 Å². The van der Waals surface area contributed by atoms with E-state index >= 15 is 0 Å². The van der Waals surface area contributed by atoms with E-state index in [1.807, 2.05) is 25.1 Å². The Bertz CT molecular complexity index is 760. The molecule has 98 valence electrons. The highest BCUT2D eigenvalue weighted by molar-refractivity contribution is 9.10. The van der Waals surface area contributed by atoms with Crippen molar-refractivity contribution in [3.05, 3.63) is 45.2 Å². The smallest absolute Gasteiger partial charge is 0.271 e. The maximum atomic E-state index is 12.1. The number of aryl methyl sites for hydroxylation is 1. The second-order valence-electron chi connectivity index (χ2n) is 3.82. The maximum Gasteiger partial charge on any atom is 0.271 e. The lowest BCUT2D eigenvalue weighted by Crippen LogP contribution is -2.11. The molecule has 1 heterocycles. The fourth-order valence-corrected chi connectivity index (χ4v) is 4.33. The van der Waals surface area contributed by atoms with Crippen LogP contribution < -0.4 is 4.72 Å². The molecule has 19 heavy (non-hydrogen) atoms. The minimum absolute atomic E-state index is 0.122. The van der Waals surface area contributed by atoms with Gasteiger partial charge in [0.1, 0.15) is 15.2 Å². The van der Waals surface area contributed by atoms with Crippen LogP contribution in [0, 0.1) is 18.3 Å². The molecule has 4 nitrogen and oxygen atoms in total. The summed E-state index contributed by atoms with van der Waals surface area (Å²) in [5.74, 6) is 0. The average Bonchev–Trinajstić information content (AvgIpc) is 2.82. The van der Waals surface area contributed by atoms with Crippen LogP contribution in [0.25, 0.3) is 0 Å². The second kappa shape index (κ2) is 5.33. The number of hydrogen-bond acceptors (Lipinski definition) is 4. The molecule has 1 N–H and O–H groups in total. The van der Waals surface area contributed by atoms with E-state index in [-0.39, 0.29) is 4.21 Å². The molecule has 0 atom stereocenters. The topological polar surface area (TPSA) is 70.0 Å². The van der Waals surface area contributed by atoms with E-state index in [9.17, 15) is 8.42 Å². The van der Waals surface area contributed by atoms with Crippen LogP contribution in [0.3, 0.4) is 0 Å². The predicted molar refractivity (Wildman–Crippen MR) is 78.7 cm³/mol. The number of hydrogen-bond donors (Lipinski definition) is 1. The fraction of sp³-hybridized carbons (Fsp3) is 0.0833. The van der Waals surface area contributed by atoms with Gasteiger partial charge in [-0.3, -0.25) is 4.72 Å².